The molecule has 0 bridgehead atoms. The Hall–Kier alpha value is -2.24. The largest absolute Gasteiger partial charge is 0.497 e. The Morgan fingerprint density at radius 3 is 2.43 bits per heavy atom. The first-order valence-corrected chi connectivity index (χ1v) is 10.0. The van der Waals surface area contributed by atoms with Gasteiger partial charge in [-0.25, -0.2) is 0 Å². The van der Waals surface area contributed by atoms with E-state index in [0.717, 1.165) is 42.2 Å². The number of hydrogen-bond acceptors (Lipinski definition) is 5. The normalized spacial score (nSPS) is 15.4. The van der Waals surface area contributed by atoms with Crippen LogP contribution < -0.4 is 14.2 Å². The number of piperazine rings is 1. The van der Waals surface area contributed by atoms with Crippen molar-refractivity contribution in [2.45, 2.75) is 19.4 Å². The van der Waals surface area contributed by atoms with Gasteiger partial charge in [0.05, 0.1) is 14.2 Å². The molecule has 2 aromatic rings. The number of benzene rings is 2. The highest BCUT2D eigenvalue weighted by atomic mass is 16.5. The molecule has 0 aliphatic carbocycles. The summed E-state index contributed by atoms with van der Waals surface area (Å²) in [6, 6.07) is 14.2. The highest BCUT2D eigenvalue weighted by molar-refractivity contribution is 5.43. The maximum Gasteiger partial charge on any atom is 0.161 e. The van der Waals surface area contributed by atoms with Crippen molar-refractivity contribution >= 4 is 0 Å². The Balaban J connectivity index is 1.51. The van der Waals surface area contributed by atoms with Gasteiger partial charge in [-0.15, -0.1) is 0 Å². The van der Waals surface area contributed by atoms with Crippen molar-refractivity contribution in [2.24, 2.45) is 0 Å². The first-order chi connectivity index (χ1) is 13.7. The van der Waals surface area contributed by atoms with E-state index in [4.69, 9.17) is 14.2 Å². The van der Waals surface area contributed by atoms with Crippen LogP contribution in [0.4, 0.5) is 0 Å². The molecule has 1 aliphatic heterocycles. The second-order valence-electron chi connectivity index (χ2n) is 7.37. The average Bonchev–Trinajstić information content (AvgIpc) is 2.74. The van der Waals surface area contributed by atoms with Gasteiger partial charge >= 0.3 is 0 Å². The monoisotopic (exact) mass is 384 g/mol. The summed E-state index contributed by atoms with van der Waals surface area (Å²) in [5.74, 6) is 2.40. The Kier molecular flexibility index (Phi) is 7.57. The van der Waals surface area contributed by atoms with Gasteiger partial charge in [-0.1, -0.05) is 18.2 Å². The second kappa shape index (κ2) is 10.3. The van der Waals surface area contributed by atoms with Crippen LogP contribution in [0.2, 0.25) is 0 Å². The van der Waals surface area contributed by atoms with Crippen LogP contribution in [0.1, 0.15) is 17.5 Å². The van der Waals surface area contributed by atoms with E-state index in [-0.39, 0.29) is 0 Å². The van der Waals surface area contributed by atoms with Gasteiger partial charge in [0.25, 0.3) is 0 Å². The van der Waals surface area contributed by atoms with Gasteiger partial charge in [0, 0.05) is 26.2 Å². The van der Waals surface area contributed by atoms with E-state index in [0.29, 0.717) is 6.61 Å². The molecule has 28 heavy (non-hydrogen) atoms. The molecule has 2 aromatic carbocycles. The lowest BCUT2D eigenvalue weighted by Crippen LogP contribution is -2.44. The lowest BCUT2D eigenvalue weighted by molar-refractivity contribution is 0.153. The number of methoxy groups -OCH3 is 2. The van der Waals surface area contributed by atoms with E-state index in [2.05, 4.69) is 29.0 Å². The fourth-order valence-corrected chi connectivity index (χ4v) is 3.49. The number of rotatable bonds is 9. The molecule has 1 fully saturated rings. The van der Waals surface area contributed by atoms with E-state index in [1.54, 1.807) is 14.2 Å². The molecule has 152 valence electrons. The van der Waals surface area contributed by atoms with E-state index in [9.17, 15) is 0 Å². The van der Waals surface area contributed by atoms with Crippen molar-refractivity contribution in [1.82, 2.24) is 9.80 Å². The Morgan fingerprint density at radius 1 is 0.857 bits per heavy atom. The van der Waals surface area contributed by atoms with Crippen molar-refractivity contribution in [2.75, 3.05) is 54.0 Å². The first-order valence-electron chi connectivity index (χ1n) is 10.0. The van der Waals surface area contributed by atoms with Gasteiger partial charge in [-0.2, -0.15) is 0 Å². The summed E-state index contributed by atoms with van der Waals surface area (Å²) in [7, 11) is 5.56. The quantitative estimate of drug-likeness (QED) is 0.661. The summed E-state index contributed by atoms with van der Waals surface area (Å²) in [6.45, 7) is 6.34. The number of likely N-dealkylation sites (N-methyl/N-ethyl adjacent to an activating group) is 1. The minimum atomic E-state index is 0.482. The zero-order valence-corrected chi connectivity index (χ0v) is 17.3. The van der Waals surface area contributed by atoms with Crippen molar-refractivity contribution in [3.63, 3.8) is 0 Å². The third-order valence-electron chi connectivity index (χ3n) is 5.29. The molecule has 3 rings (SSSR count). The predicted octanol–water partition coefficient (Wildman–Crippen LogP) is 3.46. The predicted molar refractivity (Wildman–Crippen MR) is 113 cm³/mol. The minimum Gasteiger partial charge on any atom is -0.497 e. The second-order valence-corrected chi connectivity index (χ2v) is 7.37. The Labute approximate surface area is 168 Å². The highest BCUT2D eigenvalue weighted by Crippen LogP contribution is 2.29. The summed E-state index contributed by atoms with van der Waals surface area (Å²) < 4.78 is 16.8. The molecular formula is C23H32N2O3. The fraction of sp³-hybridized carbons (Fsp3) is 0.478. The summed E-state index contributed by atoms with van der Waals surface area (Å²) in [5.41, 5.74) is 2.36. The molecule has 0 N–H and O–H groups in total. The Morgan fingerprint density at radius 2 is 1.68 bits per heavy atom. The Bertz CT molecular complexity index is 742. The third-order valence-corrected chi connectivity index (χ3v) is 5.29. The molecule has 5 nitrogen and oxygen atoms in total. The maximum atomic E-state index is 5.98. The van der Waals surface area contributed by atoms with E-state index in [1.165, 1.54) is 31.7 Å². The minimum absolute atomic E-state index is 0.482. The summed E-state index contributed by atoms with van der Waals surface area (Å²) in [5, 5.41) is 0. The zero-order valence-electron chi connectivity index (χ0n) is 17.3. The molecule has 0 unspecified atom stereocenters. The van der Waals surface area contributed by atoms with Gasteiger partial charge in [0.2, 0.25) is 0 Å². The topological polar surface area (TPSA) is 34.2 Å². The van der Waals surface area contributed by atoms with Gasteiger partial charge < -0.3 is 24.0 Å². The lowest BCUT2D eigenvalue weighted by Gasteiger charge is -2.32. The third kappa shape index (κ3) is 5.88. The molecule has 0 spiro atoms. The van der Waals surface area contributed by atoms with E-state index < -0.39 is 0 Å². The van der Waals surface area contributed by atoms with Crippen molar-refractivity contribution in [3.8, 4) is 17.2 Å². The number of nitrogens with zero attached hydrogens (tertiary/aromatic N) is 2. The standard InChI is InChI=1S/C23H32N2O3/c1-24-12-14-25(15-13-24)11-5-7-19-9-10-22(23(17-19)27-3)28-18-20-6-4-8-21(16-20)26-2/h4,6,8-10,16-17H,5,7,11-15,18H2,1-3H3. The molecule has 0 atom stereocenters. The zero-order chi connectivity index (χ0) is 19.8. The maximum absolute atomic E-state index is 5.98. The van der Waals surface area contributed by atoms with Crippen LogP contribution in [-0.2, 0) is 13.0 Å². The first kappa shape index (κ1) is 20.5. The van der Waals surface area contributed by atoms with Crippen LogP contribution >= 0.6 is 0 Å². The van der Waals surface area contributed by atoms with Crippen LogP contribution in [0, 0.1) is 0 Å². The van der Waals surface area contributed by atoms with Gasteiger partial charge in [0.1, 0.15) is 12.4 Å². The summed E-state index contributed by atoms with van der Waals surface area (Å²) in [6.07, 6.45) is 2.22. The molecule has 0 amide bonds. The summed E-state index contributed by atoms with van der Waals surface area (Å²) in [4.78, 5) is 4.95. The SMILES string of the molecule is COc1cccc(COc2ccc(CCCN3CCN(C)CC3)cc2OC)c1. The molecule has 1 aliphatic rings. The summed E-state index contributed by atoms with van der Waals surface area (Å²) >= 11 is 0. The van der Waals surface area contributed by atoms with Gasteiger partial charge in [-0.3, -0.25) is 0 Å². The van der Waals surface area contributed by atoms with Gasteiger partial charge in [-0.05, 0) is 61.8 Å². The smallest absolute Gasteiger partial charge is 0.161 e. The van der Waals surface area contributed by atoms with Crippen LogP contribution in [0.5, 0.6) is 17.2 Å². The molecule has 0 radical (unpaired) electrons. The highest BCUT2D eigenvalue weighted by Gasteiger charge is 2.13. The molecule has 1 saturated heterocycles. The van der Waals surface area contributed by atoms with Crippen molar-refractivity contribution in [3.05, 3.63) is 53.6 Å². The molecular weight excluding hydrogens is 352 g/mol. The van der Waals surface area contributed by atoms with Crippen LogP contribution in [-0.4, -0.2) is 63.8 Å². The van der Waals surface area contributed by atoms with E-state index in [1.807, 2.05) is 30.3 Å². The fourth-order valence-electron chi connectivity index (χ4n) is 3.49. The average molecular weight is 385 g/mol. The van der Waals surface area contributed by atoms with Crippen LogP contribution in [0.25, 0.3) is 0 Å². The van der Waals surface area contributed by atoms with Crippen LogP contribution in [0.3, 0.4) is 0 Å². The number of ether oxygens (including phenoxy) is 3. The molecule has 0 saturated carbocycles. The lowest BCUT2D eigenvalue weighted by atomic mass is 10.1. The molecule has 1 heterocycles. The van der Waals surface area contributed by atoms with Crippen LogP contribution in [0.15, 0.2) is 42.5 Å². The molecule has 0 aromatic heterocycles. The number of aryl methyl sites for hydroxylation is 1. The van der Waals surface area contributed by atoms with Gasteiger partial charge in [0.15, 0.2) is 11.5 Å². The number of hydrogen-bond donors (Lipinski definition) is 0. The molecule has 5 heteroatoms. The van der Waals surface area contributed by atoms with Crippen molar-refractivity contribution in [1.29, 1.82) is 0 Å². The van der Waals surface area contributed by atoms with E-state index >= 15 is 0 Å². The van der Waals surface area contributed by atoms with Crippen molar-refractivity contribution < 1.29 is 14.2 Å².